The summed E-state index contributed by atoms with van der Waals surface area (Å²) in [5.74, 6) is 0. The Hall–Kier alpha value is -1.67. The van der Waals surface area contributed by atoms with E-state index in [1.807, 2.05) is 12.4 Å². The fraction of sp³-hybridized carbons (Fsp3) is 0.312. The lowest BCUT2D eigenvalue weighted by atomic mass is 9.94. The molecule has 2 heterocycles. The van der Waals surface area contributed by atoms with E-state index >= 15 is 0 Å². The average molecular weight is 238 g/mol. The fourth-order valence-electron chi connectivity index (χ4n) is 2.89. The molecule has 0 N–H and O–H groups in total. The number of hydrogen-bond acceptors (Lipinski definition) is 2. The summed E-state index contributed by atoms with van der Waals surface area (Å²) in [6.07, 6.45) is 6.29. The molecule has 0 saturated carbocycles. The van der Waals surface area contributed by atoms with Crippen molar-refractivity contribution < 1.29 is 0 Å². The van der Waals surface area contributed by atoms with Crippen LogP contribution < -0.4 is 0 Å². The smallest absolute Gasteiger partial charge is 0.0351 e. The van der Waals surface area contributed by atoms with Gasteiger partial charge in [-0.2, -0.15) is 0 Å². The first-order chi connectivity index (χ1) is 8.86. The van der Waals surface area contributed by atoms with Gasteiger partial charge in [-0.1, -0.05) is 24.3 Å². The fourth-order valence-corrected chi connectivity index (χ4v) is 2.89. The molecule has 92 valence electrons. The molecule has 1 aliphatic rings. The van der Waals surface area contributed by atoms with Gasteiger partial charge in [0.2, 0.25) is 0 Å². The number of rotatable bonds is 2. The van der Waals surface area contributed by atoms with E-state index in [1.54, 1.807) is 0 Å². The first kappa shape index (κ1) is 11.4. The third-order valence-electron chi connectivity index (χ3n) is 3.83. The van der Waals surface area contributed by atoms with Crippen molar-refractivity contribution in [3.05, 3.63) is 54.4 Å². The molecule has 0 bridgehead atoms. The predicted molar refractivity (Wildman–Crippen MR) is 74.3 cm³/mol. The standard InChI is InChI=1S/C16H18N2/c1-18-12-4-7-16(18)15-6-3-2-5-14(15)13-8-10-17-11-9-13/h2-3,5-6,8-11,16H,4,7,12H2,1H3. The van der Waals surface area contributed by atoms with Crippen LogP contribution in [0.2, 0.25) is 0 Å². The topological polar surface area (TPSA) is 16.1 Å². The van der Waals surface area contributed by atoms with Crippen LogP contribution in [0.15, 0.2) is 48.8 Å². The van der Waals surface area contributed by atoms with E-state index in [0.717, 1.165) is 0 Å². The van der Waals surface area contributed by atoms with Gasteiger partial charge in [0.25, 0.3) is 0 Å². The van der Waals surface area contributed by atoms with Crippen molar-refractivity contribution in [2.75, 3.05) is 13.6 Å². The number of nitrogens with zero attached hydrogens (tertiary/aromatic N) is 2. The monoisotopic (exact) mass is 238 g/mol. The van der Waals surface area contributed by atoms with Crippen molar-refractivity contribution in [3.8, 4) is 11.1 Å². The summed E-state index contributed by atoms with van der Waals surface area (Å²) in [4.78, 5) is 6.56. The SMILES string of the molecule is CN1CCCC1c1ccccc1-c1ccncc1. The quantitative estimate of drug-likeness (QED) is 0.796. The molecule has 18 heavy (non-hydrogen) atoms. The van der Waals surface area contributed by atoms with Gasteiger partial charge in [-0.25, -0.2) is 0 Å². The molecule has 1 saturated heterocycles. The van der Waals surface area contributed by atoms with Gasteiger partial charge in [0.05, 0.1) is 0 Å². The summed E-state index contributed by atoms with van der Waals surface area (Å²) >= 11 is 0. The molecule has 0 radical (unpaired) electrons. The Kier molecular flexibility index (Phi) is 3.11. The van der Waals surface area contributed by atoms with Gasteiger partial charge in [0.15, 0.2) is 0 Å². The van der Waals surface area contributed by atoms with E-state index in [1.165, 1.54) is 36.1 Å². The lowest BCUT2D eigenvalue weighted by Crippen LogP contribution is -2.18. The molecule has 2 aromatic rings. The maximum absolute atomic E-state index is 4.10. The second-order valence-electron chi connectivity index (χ2n) is 4.96. The van der Waals surface area contributed by atoms with E-state index in [0.29, 0.717) is 6.04 Å². The first-order valence-corrected chi connectivity index (χ1v) is 6.56. The molecule has 1 atom stereocenters. The highest BCUT2D eigenvalue weighted by molar-refractivity contribution is 5.67. The van der Waals surface area contributed by atoms with Crippen molar-refractivity contribution in [3.63, 3.8) is 0 Å². The number of likely N-dealkylation sites (tertiary alicyclic amines) is 1. The van der Waals surface area contributed by atoms with Crippen molar-refractivity contribution in [2.45, 2.75) is 18.9 Å². The molecule has 1 fully saturated rings. The summed E-state index contributed by atoms with van der Waals surface area (Å²) in [6.45, 7) is 1.20. The third kappa shape index (κ3) is 2.04. The van der Waals surface area contributed by atoms with Crippen molar-refractivity contribution in [2.24, 2.45) is 0 Å². The average Bonchev–Trinajstić information content (AvgIpc) is 2.86. The van der Waals surface area contributed by atoms with E-state index < -0.39 is 0 Å². The zero-order valence-electron chi connectivity index (χ0n) is 10.7. The Labute approximate surface area is 108 Å². The normalized spacial score (nSPS) is 20.2. The summed E-state index contributed by atoms with van der Waals surface area (Å²) in [5, 5.41) is 0. The Balaban J connectivity index is 2.05. The van der Waals surface area contributed by atoms with Gasteiger partial charge in [-0.05, 0) is 55.3 Å². The minimum Gasteiger partial charge on any atom is -0.299 e. The van der Waals surface area contributed by atoms with Gasteiger partial charge in [-0.15, -0.1) is 0 Å². The number of aromatic nitrogens is 1. The number of benzene rings is 1. The third-order valence-corrected chi connectivity index (χ3v) is 3.83. The van der Waals surface area contributed by atoms with E-state index in [9.17, 15) is 0 Å². The highest BCUT2D eigenvalue weighted by atomic mass is 15.1. The molecular weight excluding hydrogens is 220 g/mol. The van der Waals surface area contributed by atoms with Crippen LogP contribution in [-0.2, 0) is 0 Å². The summed E-state index contributed by atoms with van der Waals surface area (Å²) < 4.78 is 0. The molecule has 1 unspecified atom stereocenters. The minimum absolute atomic E-state index is 0.564. The van der Waals surface area contributed by atoms with Gasteiger partial charge in [0.1, 0.15) is 0 Å². The van der Waals surface area contributed by atoms with Crippen molar-refractivity contribution in [1.82, 2.24) is 9.88 Å². The Bertz CT molecular complexity index is 522. The maximum atomic E-state index is 4.10. The molecule has 0 amide bonds. The number of hydrogen-bond donors (Lipinski definition) is 0. The van der Waals surface area contributed by atoms with E-state index in [4.69, 9.17) is 0 Å². The van der Waals surface area contributed by atoms with Crippen LogP contribution in [0.3, 0.4) is 0 Å². The van der Waals surface area contributed by atoms with Crippen molar-refractivity contribution >= 4 is 0 Å². The van der Waals surface area contributed by atoms with E-state index in [-0.39, 0.29) is 0 Å². The lowest BCUT2D eigenvalue weighted by molar-refractivity contribution is 0.318. The zero-order valence-corrected chi connectivity index (χ0v) is 10.7. The van der Waals surface area contributed by atoms with Gasteiger partial charge in [-0.3, -0.25) is 9.88 Å². The molecule has 1 aliphatic heterocycles. The summed E-state index contributed by atoms with van der Waals surface area (Å²) in [6, 6.07) is 13.5. The summed E-state index contributed by atoms with van der Waals surface area (Å²) in [5.41, 5.74) is 4.06. The molecular formula is C16H18N2. The molecule has 2 nitrogen and oxygen atoms in total. The predicted octanol–water partition coefficient (Wildman–Crippen LogP) is 3.52. The molecule has 0 aliphatic carbocycles. The van der Waals surface area contributed by atoms with Crippen LogP contribution in [0.4, 0.5) is 0 Å². The number of pyridine rings is 1. The molecule has 2 heteroatoms. The molecule has 1 aromatic carbocycles. The summed E-state index contributed by atoms with van der Waals surface area (Å²) in [7, 11) is 2.22. The Morgan fingerprint density at radius 1 is 1.11 bits per heavy atom. The van der Waals surface area contributed by atoms with Gasteiger partial charge >= 0.3 is 0 Å². The second kappa shape index (κ2) is 4.91. The van der Waals surface area contributed by atoms with Gasteiger partial charge < -0.3 is 0 Å². The van der Waals surface area contributed by atoms with Crippen molar-refractivity contribution in [1.29, 1.82) is 0 Å². The Morgan fingerprint density at radius 3 is 2.61 bits per heavy atom. The lowest BCUT2D eigenvalue weighted by Gasteiger charge is -2.22. The first-order valence-electron chi connectivity index (χ1n) is 6.56. The zero-order chi connectivity index (χ0) is 12.4. The highest BCUT2D eigenvalue weighted by Gasteiger charge is 2.24. The van der Waals surface area contributed by atoms with Gasteiger partial charge in [0, 0.05) is 18.4 Å². The molecule has 0 spiro atoms. The highest BCUT2D eigenvalue weighted by Crippen LogP contribution is 2.36. The minimum atomic E-state index is 0.564. The van der Waals surface area contributed by atoms with Crippen LogP contribution in [0.25, 0.3) is 11.1 Å². The van der Waals surface area contributed by atoms with Crippen LogP contribution in [0.1, 0.15) is 24.4 Å². The molecule has 1 aromatic heterocycles. The second-order valence-corrected chi connectivity index (χ2v) is 4.96. The van der Waals surface area contributed by atoms with E-state index in [2.05, 4.69) is 53.3 Å². The van der Waals surface area contributed by atoms with Crippen LogP contribution in [0, 0.1) is 0 Å². The Morgan fingerprint density at radius 2 is 1.89 bits per heavy atom. The molecule has 3 rings (SSSR count). The van der Waals surface area contributed by atoms with Crippen LogP contribution in [-0.4, -0.2) is 23.5 Å². The van der Waals surface area contributed by atoms with Crippen LogP contribution >= 0.6 is 0 Å². The van der Waals surface area contributed by atoms with Crippen LogP contribution in [0.5, 0.6) is 0 Å². The maximum Gasteiger partial charge on any atom is 0.0351 e. The largest absolute Gasteiger partial charge is 0.299 e.